The van der Waals surface area contributed by atoms with Gasteiger partial charge in [-0.25, -0.2) is 0 Å². The highest BCUT2D eigenvalue weighted by Crippen LogP contribution is 2.20. The zero-order valence-electron chi connectivity index (χ0n) is 13.9. The van der Waals surface area contributed by atoms with Gasteiger partial charge in [0.15, 0.2) is 5.69 Å². The summed E-state index contributed by atoms with van der Waals surface area (Å²) in [5.74, 6) is -0.171. The number of aryl methyl sites for hydroxylation is 2. The fourth-order valence-electron chi connectivity index (χ4n) is 2.84. The van der Waals surface area contributed by atoms with Crippen LogP contribution in [0.15, 0.2) is 30.5 Å². The molecule has 0 unspecified atom stereocenters. The van der Waals surface area contributed by atoms with Crippen LogP contribution in [0.25, 0.3) is 0 Å². The van der Waals surface area contributed by atoms with Crippen molar-refractivity contribution in [3.8, 4) is 0 Å². The first-order valence-corrected chi connectivity index (χ1v) is 7.88. The lowest BCUT2D eigenvalue weighted by Crippen LogP contribution is -2.44. The summed E-state index contributed by atoms with van der Waals surface area (Å²) in [6, 6.07) is 8.02. The third-order valence-electron chi connectivity index (χ3n) is 4.22. The molecule has 2 aromatic rings. The van der Waals surface area contributed by atoms with E-state index in [1.54, 1.807) is 4.68 Å². The number of rotatable bonds is 3. The van der Waals surface area contributed by atoms with E-state index in [1.807, 2.05) is 32.3 Å². The van der Waals surface area contributed by atoms with Crippen LogP contribution in [0.2, 0.25) is 0 Å². The standard InChI is InChI=1S/C17H23N5O/c1-13-12-21(3)19-16(13)17(23)18-14-4-6-15(7-5-14)22-10-8-20(2)9-11-22/h4-7,12H,8-11H2,1-3H3,(H,18,23). The number of aromatic nitrogens is 2. The summed E-state index contributed by atoms with van der Waals surface area (Å²) in [6.07, 6.45) is 1.84. The molecule has 0 radical (unpaired) electrons. The van der Waals surface area contributed by atoms with Gasteiger partial charge in [0.05, 0.1) is 0 Å². The molecule has 6 nitrogen and oxygen atoms in total. The molecule has 0 atom stereocenters. The van der Waals surface area contributed by atoms with Crippen molar-refractivity contribution in [3.63, 3.8) is 0 Å². The summed E-state index contributed by atoms with van der Waals surface area (Å²) < 4.78 is 1.65. The van der Waals surface area contributed by atoms with Crippen LogP contribution in [0.1, 0.15) is 16.1 Å². The molecule has 1 saturated heterocycles. The predicted molar refractivity (Wildman–Crippen MR) is 92.1 cm³/mol. The molecule has 0 saturated carbocycles. The number of likely N-dealkylation sites (N-methyl/N-ethyl adjacent to an activating group) is 1. The van der Waals surface area contributed by atoms with Crippen LogP contribution in [-0.2, 0) is 7.05 Å². The van der Waals surface area contributed by atoms with Gasteiger partial charge in [-0.05, 0) is 38.2 Å². The van der Waals surface area contributed by atoms with Gasteiger partial charge in [-0.2, -0.15) is 5.10 Å². The lowest BCUT2D eigenvalue weighted by atomic mass is 10.2. The quantitative estimate of drug-likeness (QED) is 0.938. The number of hydrogen-bond acceptors (Lipinski definition) is 4. The van der Waals surface area contributed by atoms with Gasteiger partial charge < -0.3 is 15.1 Å². The second kappa shape index (κ2) is 6.42. The number of carbonyl (C=O) groups excluding carboxylic acids is 1. The van der Waals surface area contributed by atoms with Crippen LogP contribution in [0.3, 0.4) is 0 Å². The number of nitrogens with one attached hydrogen (secondary N) is 1. The van der Waals surface area contributed by atoms with E-state index in [1.165, 1.54) is 5.69 Å². The zero-order valence-corrected chi connectivity index (χ0v) is 13.9. The van der Waals surface area contributed by atoms with Gasteiger partial charge in [0.1, 0.15) is 0 Å². The van der Waals surface area contributed by atoms with Crippen molar-refractivity contribution in [3.05, 3.63) is 41.7 Å². The fourth-order valence-corrected chi connectivity index (χ4v) is 2.84. The molecule has 122 valence electrons. The molecule has 2 heterocycles. The smallest absolute Gasteiger partial charge is 0.276 e. The highest BCUT2D eigenvalue weighted by molar-refractivity contribution is 6.03. The third-order valence-corrected chi connectivity index (χ3v) is 4.22. The molecule has 23 heavy (non-hydrogen) atoms. The first-order valence-electron chi connectivity index (χ1n) is 7.88. The van der Waals surface area contributed by atoms with Gasteiger partial charge in [0, 0.05) is 56.4 Å². The number of amides is 1. The van der Waals surface area contributed by atoms with Crippen LogP contribution >= 0.6 is 0 Å². The van der Waals surface area contributed by atoms with Crippen molar-refractivity contribution in [2.75, 3.05) is 43.4 Å². The highest BCUT2D eigenvalue weighted by atomic mass is 16.2. The van der Waals surface area contributed by atoms with E-state index in [-0.39, 0.29) is 5.91 Å². The van der Waals surface area contributed by atoms with Crippen molar-refractivity contribution < 1.29 is 4.79 Å². The molecule has 1 aromatic heterocycles. The number of hydrogen-bond donors (Lipinski definition) is 1. The van der Waals surface area contributed by atoms with E-state index < -0.39 is 0 Å². The van der Waals surface area contributed by atoms with Gasteiger partial charge in [0.2, 0.25) is 0 Å². The Hall–Kier alpha value is -2.34. The molecular formula is C17H23N5O. The molecule has 0 bridgehead atoms. The minimum atomic E-state index is -0.171. The Labute approximate surface area is 136 Å². The normalized spacial score (nSPS) is 15.7. The number of anilines is 2. The Balaban J connectivity index is 1.65. The first-order chi connectivity index (χ1) is 11.0. The van der Waals surface area contributed by atoms with Crippen LogP contribution in [-0.4, -0.2) is 53.8 Å². The van der Waals surface area contributed by atoms with Gasteiger partial charge >= 0.3 is 0 Å². The topological polar surface area (TPSA) is 53.4 Å². The second-order valence-corrected chi connectivity index (χ2v) is 6.13. The monoisotopic (exact) mass is 313 g/mol. The lowest BCUT2D eigenvalue weighted by Gasteiger charge is -2.34. The van der Waals surface area contributed by atoms with Gasteiger partial charge in [-0.3, -0.25) is 9.48 Å². The maximum atomic E-state index is 12.3. The van der Waals surface area contributed by atoms with Crippen molar-refractivity contribution in [1.82, 2.24) is 14.7 Å². The molecule has 0 spiro atoms. The van der Waals surface area contributed by atoms with E-state index in [0.717, 1.165) is 37.4 Å². The molecule has 1 amide bonds. The Morgan fingerprint density at radius 1 is 1.09 bits per heavy atom. The van der Waals surface area contributed by atoms with Crippen LogP contribution < -0.4 is 10.2 Å². The maximum absolute atomic E-state index is 12.3. The second-order valence-electron chi connectivity index (χ2n) is 6.13. The molecule has 3 rings (SSSR count). The fraction of sp³-hybridized carbons (Fsp3) is 0.412. The molecule has 1 aliphatic heterocycles. The summed E-state index contributed by atoms with van der Waals surface area (Å²) >= 11 is 0. The van der Waals surface area contributed by atoms with Gasteiger partial charge in [0.25, 0.3) is 5.91 Å². The molecule has 1 fully saturated rings. The molecule has 0 aliphatic carbocycles. The molecule has 1 aromatic carbocycles. The minimum absolute atomic E-state index is 0.171. The highest BCUT2D eigenvalue weighted by Gasteiger charge is 2.15. The molecule has 6 heteroatoms. The minimum Gasteiger partial charge on any atom is -0.369 e. The average molecular weight is 313 g/mol. The largest absolute Gasteiger partial charge is 0.369 e. The van der Waals surface area contributed by atoms with Gasteiger partial charge in [-0.1, -0.05) is 0 Å². The van der Waals surface area contributed by atoms with E-state index in [2.05, 4.69) is 39.4 Å². The SMILES string of the molecule is Cc1cn(C)nc1C(=O)Nc1ccc(N2CCN(C)CC2)cc1. The summed E-state index contributed by atoms with van der Waals surface area (Å²) in [6.45, 7) is 6.12. The van der Waals surface area contributed by atoms with E-state index in [0.29, 0.717) is 5.69 Å². The van der Waals surface area contributed by atoms with Crippen LogP contribution in [0, 0.1) is 6.92 Å². The van der Waals surface area contributed by atoms with Crippen molar-refractivity contribution in [1.29, 1.82) is 0 Å². The summed E-state index contributed by atoms with van der Waals surface area (Å²) in [5.41, 5.74) is 3.33. The van der Waals surface area contributed by atoms with E-state index in [9.17, 15) is 4.79 Å². The van der Waals surface area contributed by atoms with Crippen LogP contribution in [0.5, 0.6) is 0 Å². The number of nitrogens with zero attached hydrogens (tertiary/aromatic N) is 4. The van der Waals surface area contributed by atoms with Crippen molar-refractivity contribution >= 4 is 17.3 Å². The van der Waals surface area contributed by atoms with E-state index >= 15 is 0 Å². The average Bonchev–Trinajstić information content (AvgIpc) is 2.88. The Bertz CT molecular complexity index is 684. The molecule has 1 N–H and O–H groups in total. The third kappa shape index (κ3) is 3.53. The number of piperazine rings is 1. The number of carbonyl (C=O) groups is 1. The Morgan fingerprint density at radius 3 is 2.30 bits per heavy atom. The van der Waals surface area contributed by atoms with Gasteiger partial charge in [-0.15, -0.1) is 0 Å². The summed E-state index contributed by atoms with van der Waals surface area (Å²) in [4.78, 5) is 17.0. The summed E-state index contributed by atoms with van der Waals surface area (Å²) in [5, 5.41) is 7.10. The Kier molecular flexibility index (Phi) is 4.34. The number of benzene rings is 1. The molecule has 1 aliphatic rings. The molecular weight excluding hydrogens is 290 g/mol. The zero-order chi connectivity index (χ0) is 16.4. The predicted octanol–water partition coefficient (Wildman–Crippen LogP) is 1.73. The van der Waals surface area contributed by atoms with Crippen molar-refractivity contribution in [2.45, 2.75) is 6.92 Å². The summed E-state index contributed by atoms with van der Waals surface area (Å²) in [7, 11) is 3.96. The lowest BCUT2D eigenvalue weighted by molar-refractivity contribution is 0.102. The van der Waals surface area contributed by atoms with E-state index in [4.69, 9.17) is 0 Å². The first kappa shape index (κ1) is 15.6. The van der Waals surface area contributed by atoms with Crippen LogP contribution in [0.4, 0.5) is 11.4 Å². The maximum Gasteiger partial charge on any atom is 0.276 e. The van der Waals surface area contributed by atoms with Crippen molar-refractivity contribution in [2.24, 2.45) is 7.05 Å². The Morgan fingerprint density at radius 2 is 1.74 bits per heavy atom.